The Bertz CT molecular complexity index is 675. The molecule has 21 heavy (non-hydrogen) atoms. The highest BCUT2D eigenvalue weighted by Gasteiger charge is 2.24. The normalized spacial score (nSPS) is 11.6. The summed E-state index contributed by atoms with van der Waals surface area (Å²) in [4.78, 5) is 3.81. The molecule has 0 bridgehead atoms. The molecule has 0 saturated carbocycles. The van der Waals surface area contributed by atoms with Gasteiger partial charge in [0.25, 0.3) is 0 Å². The molecule has 2 rings (SSSR count). The molecule has 3 nitrogen and oxygen atoms in total. The molecule has 1 heterocycles. The van der Waals surface area contributed by atoms with E-state index < -0.39 is 33.4 Å². The number of anilines is 1. The number of aromatic nitrogens is 1. The molecule has 0 aliphatic carbocycles. The van der Waals surface area contributed by atoms with E-state index in [1.807, 2.05) is 5.43 Å². The topological polar surface area (TPSA) is 37.3 Å². The predicted molar refractivity (Wildman–Crippen MR) is 74.0 cm³/mol. The van der Waals surface area contributed by atoms with Gasteiger partial charge in [-0.05, 0) is 35.0 Å². The molecule has 0 saturated heterocycles. The van der Waals surface area contributed by atoms with Gasteiger partial charge in [-0.2, -0.15) is 5.10 Å². The van der Waals surface area contributed by atoms with Crippen LogP contribution in [-0.4, -0.2) is 10.7 Å². The second-order valence-corrected chi connectivity index (χ2v) is 4.78. The Kier molecular flexibility index (Phi) is 4.56. The van der Waals surface area contributed by atoms with Crippen molar-refractivity contribution in [2.75, 3.05) is 5.43 Å². The Morgan fingerprint density at radius 2 is 1.57 bits per heavy atom. The van der Waals surface area contributed by atoms with Gasteiger partial charge in [-0.15, -0.1) is 0 Å². The third-order valence-corrected chi connectivity index (χ3v) is 3.34. The lowest BCUT2D eigenvalue weighted by Gasteiger charge is -2.09. The zero-order valence-electron chi connectivity index (χ0n) is 10.6. The minimum atomic E-state index is -1.56. The van der Waals surface area contributed by atoms with E-state index in [1.165, 1.54) is 12.4 Å². The van der Waals surface area contributed by atoms with Gasteiger partial charge in [0, 0.05) is 18.0 Å². The summed E-state index contributed by atoms with van der Waals surface area (Å²) in [5.74, 6) is -6.19. The number of benzene rings is 1. The largest absolute Gasteiger partial charge is 0.272 e. The summed E-state index contributed by atoms with van der Waals surface area (Å²) in [6.07, 6.45) is 3.02. The number of nitrogens with one attached hydrogen (secondary N) is 1. The lowest BCUT2D eigenvalue weighted by atomic mass is 10.2. The van der Waals surface area contributed by atoms with Crippen LogP contribution in [0.5, 0.6) is 0 Å². The van der Waals surface area contributed by atoms with Crippen LogP contribution in [0, 0.1) is 23.3 Å². The molecular weight excluding hydrogens is 354 g/mol. The highest BCUT2D eigenvalue weighted by Crippen LogP contribution is 2.31. The third kappa shape index (κ3) is 3.05. The van der Waals surface area contributed by atoms with Crippen molar-refractivity contribution < 1.29 is 17.6 Å². The second-order valence-electron chi connectivity index (χ2n) is 3.99. The van der Waals surface area contributed by atoms with Gasteiger partial charge >= 0.3 is 0 Å². The van der Waals surface area contributed by atoms with Crippen LogP contribution in [0.25, 0.3) is 0 Å². The first kappa shape index (κ1) is 15.4. The number of nitrogens with zero attached hydrogens (tertiary/aromatic N) is 2. The Hall–Kier alpha value is -1.96. The highest BCUT2D eigenvalue weighted by molar-refractivity contribution is 9.10. The van der Waals surface area contributed by atoms with Gasteiger partial charge in [-0.1, -0.05) is 0 Å². The predicted octanol–water partition coefficient (Wildman–Crippen LogP) is 4.24. The first-order chi connectivity index (χ1) is 9.93. The third-order valence-electron chi connectivity index (χ3n) is 2.64. The average molecular weight is 362 g/mol. The van der Waals surface area contributed by atoms with Crippen LogP contribution in [0.4, 0.5) is 23.2 Å². The molecule has 0 amide bonds. The van der Waals surface area contributed by atoms with E-state index in [4.69, 9.17) is 0 Å². The van der Waals surface area contributed by atoms with Gasteiger partial charge in [0.05, 0.1) is 10.2 Å². The number of hydrogen-bond donors (Lipinski definition) is 1. The van der Waals surface area contributed by atoms with Gasteiger partial charge in [0.1, 0.15) is 5.69 Å². The zero-order chi connectivity index (χ0) is 15.6. The Balaban J connectivity index is 2.37. The van der Waals surface area contributed by atoms with Crippen LogP contribution in [0.1, 0.15) is 12.5 Å². The maximum absolute atomic E-state index is 13.6. The Labute approximate surface area is 125 Å². The summed E-state index contributed by atoms with van der Waals surface area (Å²) in [6, 6.07) is 3.24. The molecule has 0 fully saturated rings. The van der Waals surface area contributed by atoms with Crippen LogP contribution in [0.2, 0.25) is 0 Å². The van der Waals surface area contributed by atoms with Crippen LogP contribution in [0.3, 0.4) is 0 Å². The van der Waals surface area contributed by atoms with E-state index in [0.29, 0.717) is 11.3 Å². The van der Waals surface area contributed by atoms with Crippen molar-refractivity contribution in [3.8, 4) is 0 Å². The first-order valence-electron chi connectivity index (χ1n) is 5.65. The van der Waals surface area contributed by atoms with Gasteiger partial charge in [0.2, 0.25) is 0 Å². The second kappa shape index (κ2) is 6.21. The molecule has 1 N–H and O–H groups in total. The molecule has 110 valence electrons. The molecule has 1 aromatic carbocycles. The van der Waals surface area contributed by atoms with Crippen LogP contribution in [0.15, 0.2) is 34.1 Å². The van der Waals surface area contributed by atoms with Crippen LogP contribution >= 0.6 is 15.9 Å². The lowest BCUT2D eigenvalue weighted by Crippen LogP contribution is -2.06. The molecule has 0 radical (unpaired) electrons. The van der Waals surface area contributed by atoms with Crippen molar-refractivity contribution in [1.82, 2.24) is 4.98 Å². The fraction of sp³-hybridized carbons (Fsp3) is 0.0769. The maximum atomic E-state index is 13.6. The number of halogens is 5. The monoisotopic (exact) mass is 361 g/mol. The molecule has 0 atom stereocenters. The fourth-order valence-electron chi connectivity index (χ4n) is 1.50. The van der Waals surface area contributed by atoms with E-state index >= 15 is 0 Å². The first-order valence-corrected chi connectivity index (χ1v) is 6.45. The number of hydrazone groups is 1. The molecule has 8 heteroatoms. The maximum Gasteiger partial charge on any atom is 0.188 e. The van der Waals surface area contributed by atoms with Crippen molar-refractivity contribution in [1.29, 1.82) is 0 Å². The van der Waals surface area contributed by atoms with E-state index in [-0.39, 0.29) is 0 Å². The molecule has 0 unspecified atom stereocenters. The summed E-state index contributed by atoms with van der Waals surface area (Å²) < 4.78 is 53.0. The summed E-state index contributed by atoms with van der Waals surface area (Å²) in [7, 11) is 0. The summed E-state index contributed by atoms with van der Waals surface area (Å²) in [6.45, 7) is 1.56. The molecule has 1 aromatic heterocycles. The standard InChI is InChI=1S/C13H8BrF4N3/c1-6(7-2-4-19-5-3-7)20-21-13-11(17)9(15)8(14)10(16)12(13)18/h2-5,21H,1H3. The van der Waals surface area contributed by atoms with Crippen LogP contribution < -0.4 is 5.43 Å². The van der Waals surface area contributed by atoms with Crippen LogP contribution in [-0.2, 0) is 0 Å². The van der Waals surface area contributed by atoms with Crippen molar-refractivity contribution in [2.45, 2.75) is 6.92 Å². The fourth-order valence-corrected chi connectivity index (χ4v) is 1.85. The summed E-state index contributed by atoms with van der Waals surface area (Å²) >= 11 is 2.43. The summed E-state index contributed by atoms with van der Waals surface area (Å²) in [5.41, 5.74) is 2.00. The quantitative estimate of drug-likeness (QED) is 0.292. The number of pyridine rings is 1. The van der Waals surface area contributed by atoms with Gasteiger partial charge < -0.3 is 0 Å². The highest BCUT2D eigenvalue weighted by atomic mass is 79.9. The van der Waals surface area contributed by atoms with Crippen molar-refractivity contribution in [3.63, 3.8) is 0 Å². The Morgan fingerprint density at radius 3 is 2.10 bits per heavy atom. The molecule has 0 spiro atoms. The van der Waals surface area contributed by atoms with Crippen molar-refractivity contribution in [3.05, 3.63) is 57.8 Å². The van der Waals surface area contributed by atoms with E-state index in [2.05, 4.69) is 26.0 Å². The molecule has 0 aliphatic rings. The van der Waals surface area contributed by atoms with Gasteiger partial charge in [-0.25, -0.2) is 17.6 Å². The van der Waals surface area contributed by atoms with Crippen molar-refractivity contribution in [2.24, 2.45) is 5.10 Å². The zero-order valence-corrected chi connectivity index (χ0v) is 12.2. The molecule has 0 aliphatic heterocycles. The van der Waals surface area contributed by atoms with Crippen molar-refractivity contribution >= 4 is 27.3 Å². The van der Waals surface area contributed by atoms with Gasteiger partial charge in [-0.3, -0.25) is 10.4 Å². The van der Waals surface area contributed by atoms with E-state index in [9.17, 15) is 17.6 Å². The van der Waals surface area contributed by atoms with E-state index in [0.717, 1.165) is 0 Å². The number of rotatable bonds is 3. The summed E-state index contributed by atoms with van der Waals surface area (Å²) in [5, 5.41) is 3.71. The smallest absolute Gasteiger partial charge is 0.188 e. The Morgan fingerprint density at radius 1 is 1.05 bits per heavy atom. The SMILES string of the molecule is CC(=NNc1c(F)c(F)c(Br)c(F)c1F)c1ccncc1. The molecule has 2 aromatic rings. The van der Waals surface area contributed by atoms with E-state index in [1.54, 1.807) is 19.1 Å². The average Bonchev–Trinajstić information content (AvgIpc) is 2.51. The van der Waals surface area contributed by atoms with Gasteiger partial charge in [0.15, 0.2) is 23.3 Å². The lowest BCUT2D eigenvalue weighted by molar-refractivity contribution is 0.451. The minimum absolute atomic E-state index is 0.361. The minimum Gasteiger partial charge on any atom is -0.272 e. The number of hydrogen-bond acceptors (Lipinski definition) is 3. The molecular formula is C13H8BrF4N3.